The molecule has 17 heavy (non-hydrogen) atoms. The number of carbonyl (C=O) groups excluding carboxylic acids is 1. The summed E-state index contributed by atoms with van der Waals surface area (Å²) < 4.78 is 0. The predicted octanol–water partition coefficient (Wildman–Crippen LogP) is 0.956. The lowest BCUT2D eigenvalue weighted by Gasteiger charge is -2.22. The Balaban J connectivity index is 2.62. The molecule has 6 nitrogen and oxygen atoms in total. The van der Waals surface area contributed by atoms with Crippen LogP contribution >= 0.6 is 11.3 Å². The SMILES string of the molecule is CCC(C)(CNC(=O)c1csc(N)n1)C(=O)O. The van der Waals surface area contributed by atoms with Crippen molar-refractivity contribution in [3.63, 3.8) is 0 Å². The summed E-state index contributed by atoms with van der Waals surface area (Å²) in [6.45, 7) is 3.42. The Labute approximate surface area is 103 Å². The fourth-order valence-electron chi connectivity index (χ4n) is 1.11. The number of nitrogens with two attached hydrogens (primary N) is 1. The first-order valence-corrected chi connectivity index (χ1v) is 5.99. The number of aromatic nitrogens is 1. The molecule has 1 unspecified atom stereocenters. The molecule has 0 saturated carbocycles. The fraction of sp³-hybridized carbons (Fsp3) is 0.500. The maximum atomic E-state index is 11.6. The van der Waals surface area contributed by atoms with Gasteiger partial charge in [-0.2, -0.15) is 0 Å². The second kappa shape index (κ2) is 5.13. The molecule has 1 heterocycles. The number of aliphatic carboxylic acids is 1. The van der Waals surface area contributed by atoms with E-state index >= 15 is 0 Å². The van der Waals surface area contributed by atoms with E-state index in [0.29, 0.717) is 11.6 Å². The standard InChI is InChI=1S/C10H15N3O3S/c1-3-10(2,8(15)16)5-12-7(14)6-4-17-9(11)13-6/h4H,3,5H2,1-2H3,(H2,11,13)(H,12,14)(H,15,16). The maximum Gasteiger partial charge on any atom is 0.311 e. The van der Waals surface area contributed by atoms with Crippen molar-refractivity contribution in [3.05, 3.63) is 11.1 Å². The first-order chi connectivity index (χ1) is 7.89. The smallest absolute Gasteiger partial charge is 0.311 e. The van der Waals surface area contributed by atoms with Gasteiger partial charge >= 0.3 is 5.97 Å². The molecule has 0 spiro atoms. The molecule has 0 aliphatic carbocycles. The number of carboxylic acid groups (broad SMARTS) is 1. The second-order valence-corrected chi connectivity index (χ2v) is 4.86. The van der Waals surface area contributed by atoms with Crippen molar-refractivity contribution in [3.8, 4) is 0 Å². The quantitative estimate of drug-likeness (QED) is 0.728. The summed E-state index contributed by atoms with van der Waals surface area (Å²) in [5, 5.41) is 13.4. The zero-order valence-electron chi connectivity index (χ0n) is 9.69. The summed E-state index contributed by atoms with van der Waals surface area (Å²) in [5.41, 5.74) is 4.66. The van der Waals surface area contributed by atoms with Gasteiger partial charge in [0.2, 0.25) is 0 Å². The van der Waals surface area contributed by atoms with Gasteiger partial charge in [-0.25, -0.2) is 4.98 Å². The number of nitrogen functional groups attached to an aromatic ring is 1. The lowest BCUT2D eigenvalue weighted by molar-refractivity contribution is -0.147. The highest BCUT2D eigenvalue weighted by atomic mass is 32.1. The first kappa shape index (κ1) is 13.4. The number of carboxylic acids is 1. The van der Waals surface area contributed by atoms with Crippen LogP contribution in [0.15, 0.2) is 5.38 Å². The maximum absolute atomic E-state index is 11.6. The molecule has 0 aliphatic heterocycles. The van der Waals surface area contributed by atoms with E-state index < -0.39 is 17.3 Å². The van der Waals surface area contributed by atoms with Crippen molar-refractivity contribution in [1.82, 2.24) is 10.3 Å². The Hall–Kier alpha value is -1.63. The van der Waals surface area contributed by atoms with Gasteiger partial charge in [0, 0.05) is 11.9 Å². The monoisotopic (exact) mass is 257 g/mol. The van der Waals surface area contributed by atoms with Crippen molar-refractivity contribution >= 4 is 28.3 Å². The van der Waals surface area contributed by atoms with Gasteiger partial charge in [0.1, 0.15) is 5.69 Å². The van der Waals surface area contributed by atoms with Crippen LogP contribution in [0.4, 0.5) is 5.13 Å². The number of anilines is 1. The molecule has 0 radical (unpaired) electrons. The van der Waals surface area contributed by atoms with Gasteiger partial charge in [0.15, 0.2) is 5.13 Å². The summed E-state index contributed by atoms with van der Waals surface area (Å²) in [7, 11) is 0. The average molecular weight is 257 g/mol. The molecule has 1 aromatic heterocycles. The normalized spacial score (nSPS) is 14.0. The molecule has 1 aromatic rings. The number of thiazole rings is 1. The topological polar surface area (TPSA) is 105 Å². The van der Waals surface area contributed by atoms with E-state index in [4.69, 9.17) is 10.8 Å². The van der Waals surface area contributed by atoms with Crippen LogP contribution < -0.4 is 11.1 Å². The minimum atomic E-state index is -0.961. The van der Waals surface area contributed by atoms with Gasteiger partial charge in [-0.15, -0.1) is 11.3 Å². The zero-order chi connectivity index (χ0) is 13.1. The molecule has 0 fully saturated rings. The van der Waals surface area contributed by atoms with Crippen LogP contribution in [0, 0.1) is 5.41 Å². The third-order valence-corrected chi connectivity index (χ3v) is 3.36. The molecule has 1 atom stereocenters. The van der Waals surface area contributed by atoms with Crippen LogP contribution in [-0.2, 0) is 4.79 Å². The predicted molar refractivity (Wildman–Crippen MR) is 64.9 cm³/mol. The average Bonchev–Trinajstić information content (AvgIpc) is 2.72. The molecular weight excluding hydrogens is 242 g/mol. The first-order valence-electron chi connectivity index (χ1n) is 5.11. The number of hydrogen-bond acceptors (Lipinski definition) is 5. The molecule has 0 aromatic carbocycles. The number of rotatable bonds is 5. The van der Waals surface area contributed by atoms with Gasteiger partial charge in [0.25, 0.3) is 5.91 Å². The van der Waals surface area contributed by atoms with E-state index in [-0.39, 0.29) is 12.2 Å². The third-order valence-electron chi connectivity index (χ3n) is 2.69. The number of hydrogen-bond donors (Lipinski definition) is 3. The Morgan fingerprint density at radius 2 is 2.29 bits per heavy atom. The minimum absolute atomic E-state index is 0.0646. The van der Waals surface area contributed by atoms with Gasteiger partial charge < -0.3 is 16.2 Å². The number of nitrogens with one attached hydrogen (secondary N) is 1. The van der Waals surface area contributed by atoms with Crippen LogP contribution in [0.1, 0.15) is 30.8 Å². The summed E-state index contributed by atoms with van der Waals surface area (Å²) >= 11 is 1.17. The zero-order valence-corrected chi connectivity index (χ0v) is 10.5. The van der Waals surface area contributed by atoms with Gasteiger partial charge in [-0.1, -0.05) is 6.92 Å². The Bertz CT molecular complexity index is 432. The molecule has 1 rings (SSSR count). The molecule has 7 heteroatoms. The fourth-order valence-corrected chi connectivity index (χ4v) is 1.65. The van der Waals surface area contributed by atoms with Gasteiger partial charge in [-0.05, 0) is 13.3 Å². The molecular formula is C10H15N3O3S. The Kier molecular flexibility index (Phi) is 4.06. The summed E-state index contributed by atoms with van der Waals surface area (Å²) in [6.07, 6.45) is 0.432. The number of carbonyl (C=O) groups is 2. The summed E-state index contributed by atoms with van der Waals surface area (Å²) in [6, 6.07) is 0. The number of amides is 1. The van der Waals surface area contributed by atoms with E-state index in [1.165, 1.54) is 16.7 Å². The number of nitrogens with zero attached hydrogens (tertiary/aromatic N) is 1. The second-order valence-electron chi connectivity index (χ2n) is 3.97. The Morgan fingerprint density at radius 3 is 2.71 bits per heavy atom. The minimum Gasteiger partial charge on any atom is -0.481 e. The highest BCUT2D eigenvalue weighted by molar-refractivity contribution is 7.13. The van der Waals surface area contributed by atoms with Gasteiger partial charge in [0.05, 0.1) is 5.41 Å². The van der Waals surface area contributed by atoms with E-state index in [9.17, 15) is 9.59 Å². The van der Waals surface area contributed by atoms with Crippen LogP contribution in [-0.4, -0.2) is 28.5 Å². The Morgan fingerprint density at radius 1 is 1.65 bits per heavy atom. The largest absolute Gasteiger partial charge is 0.481 e. The van der Waals surface area contributed by atoms with Gasteiger partial charge in [-0.3, -0.25) is 9.59 Å². The highest BCUT2D eigenvalue weighted by Crippen LogP contribution is 2.20. The lowest BCUT2D eigenvalue weighted by Crippen LogP contribution is -2.40. The summed E-state index contributed by atoms with van der Waals surface area (Å²) in [4.78, 5) is 26.5. The molecule has 0 saturated heterocycles. The summed E-state index contributed by atoms with van der Waals surface area (Å²) in [5.74, 6) is -1.34. The van der Waals surface area contributed by atoms with E-state index in [1.54, 1.807) is 13.8 Å². The van der Waals surface area contributed by atoms with Crippen LogP contribution in [0.2, 0.25) is 0 Å². The van der Waals surface area contributed by atoms with E-state index in [1.807, 2.05) is 0 Å². The third kappa shape index (κ3) is 3.16. The molecule has 1 amide bonds. The highest BCUT2D eigenvalue weighted by Gasteiger charge is 2.31. The van der Waals surface area contributed by atoms with Crippen LogP contribution in [0.3, 0.4) is 0 Å². The van der Waals surface area contributed by atoms with Crippen LogP contribution in [0.5, 0.6) is 0 Å². The molecule has 94 valence electrons. The van der Waals surface area contributed by atoms with E-state index in [0.717, 1.165) is 0 Å². The molecule has 0 bridgehead atoms. The molecule has 0 aliphatic rings. The van der Waals surface area contributed by atoms with E-state index in [2.05, 4.69) is 10.3 Å². The van der Waals surface area contributed by atoms with Crippen molar-refractivity contribution in [1.29, 1.82) is 0 Å². The van der Waals surface area contributed by atoms with Crippen molar-refractivity contribution in [2.45, 2.75) is 20.3 Å². The van der Waals surface area contributed by atoms with Crippen molar-refractivity contribution < 1.29 is 14.7 Å². The molecule has 4 N–H and O–H groups in total. The van der Waals surface area contributed by atoms with Crippen molar-refractivity contribution in [2.24, 2.45) is 5.41 Å². The van der Waals surface area contributed by atoms with Crippen molar-refractivity contribution in [2.75, 3.05) is 12.3 Å². The van der Waals surface area contributed by atoms with Crippen LogP contribution in [0.25, 0.3) is 0 Å². The lowest BCUT2D eigenvalue weighted by atomic mass is 9.88.